The van der Waals surface area contributed by atoms with Crippen LogP contribution in [0, 0.1) is 0 Å². The van der Waals surface area contributed by atoms with Crippen molar-refractivity contribution < 1.29 is 14.3 Å². The maximum absolute atomic E-state index is 12.4. The van der Waals surface area contributed by atoms with Crippen LogP contribution in [0.1, 0.15) is 23.6 Å². The second-order valence-electron chi connectivity index (χ2n) is 7.51. The Kier molecular flexibility index (Phi) is 6.24. The van der Waals surface area contributed by atoms with Crippen molar-refractivity contribution in [2.24, 2.45) is 0 Å². The molecular weight excluding hydrogens is 352 g/mol. The summed E-state index contributed by atoms with van der Waals surface area (Å²) < 4.78 is 11.1. The highest BCUT2D eigenvalue weighted by Gasteiger charge is 2.32. The molecule has 2 fully saturated rings. The molecule has 28 heavy (non-hydrogen) atoms. The quantitative estimate of drug-likeness (QED) is 0.737. The Hall–Kier alpha value is -2.37. The van der Waals surface area contributed by atoms with Gasteiger partial charge < -0.3 is 14.4 Å². The van der Waals surface area contributed by atoms with E-state index in [1.165, 1.54) is 11.1 Å². The molecule has 2 aromatic rings. The third kappa shape index (κ3) is 4.72. The van der Waals surface area contributed by atoms with Gasteiger partial charge in [-0.3, -0.25) is 4.90 Å². The molecule has 0 spiro atoms. The van der Waals surface area contributed by atoms with Gasteiger partial charge in [-0.2, -0.15) is 0 Å². The maximum atomic E-state index is 12.4. The molecule has 2 heterocycles. The smallest absolute Gasteiger partial charge is 0.410 e. The van der Waals surface area contributed by atoms with E-state index in [2.05, 4.69) is 41.3 Å². The maximum Gasteiger partial charge on any atom is 0.410 e. The molecule has 5 nitrogen and oxygen atoms in total. The summed E-state index contributed by atoms with van der Waals surface area (Å²) in [5.41, 5.74) is 2.51. The lowest BCUT2D eigenvalue weighted by Crippen LogP contribution is -2.40. The Morgan fingerprint density at radius 1 is 0.964 bits per heavy atom. The Morgan fingerprint density at radius 3 is 2.36 bits per heavy atom. The van der Waals surface area contributed by atoms with E-state index in [1.54, 1.807) is 0 Å². The lowest BCUT2D eigenvalue weighted by Gasteiger charge is -2.35. The molecule has 148 valence electrons. The van der Waals surface area contributed by atoms with Crippen LogP contribution in [0.4, 0.5) is 4.79 Å². The summed E-state index contributed by atoms with van der Waals surface area (Å²) in [4.78, 5) is 16.7. The molecule has 0 aliphatic carbocycles. The Bertz CT molecular complexity index is 747. The van der Waals surface area contributed by atoms with Crippen molar-refractivity contribution in [3.8, 4) is 0 Å². The highest BCUT2D eigenvalue weighted by molar-refractivity contribution is 5.69. The van der Waals surface area contributed by atoms with E-state index in [1.807, 2.05) is 29.2 Å². The second-order valence-corrected chi connectivity index (χ2v) is 7.51. The van der Waals surface area contributed by atoms with Gasteiger partial charge in [0.1, 0.15) is 6.10 Å². The Balaban J connectivity index is 1.37. The molecule has 0 saturated carbocycles. The number of benzene rings is 2. The first-order chi connectivity index (χ1) is 13.8. The van der Waals surface area contributed by atoms with Gasteiger partial charge in [-0.15, -0.1) is 0 Å². The fraction of sp³-hybridized carbons (Fsp3) is 0.435. The van der Waals surface area contributed by atoms with Gasteiger partial charge in [0, 0.05) is 32.1 Å². The average molecular weight is 380 g/mol. The first kappa shape index (κ1) is 19.0. The molecule has 2 aliphatic rings. The Labute approximate surface area is 166 Å². The number of hydrogen-bond donors (Lipinski definition) is 0. The van der Waals surface area contributed by atoms with Crippen LogP contribution >= 0.6 is 0 Å². The number of hydrogen-bond acceptors (Lipinski definition) is 4. The van der Waals surface area contributed by atoms with E-state index in [0.717, 1.165) is 39.1 Å². The normalized spacial score (nSPS) is 21.5. The zero-order valence-electron chi connectivity index (χ0n) is 16.2. The standard InChI is InChI=1S/C23H28N2O3/c26-23-25(18-21(28-23)17-19-7-3-1-4-8-19)12-11-22(20-9-5-2-6-10-20)24-13-15-27-16-14-24/h1-10,21-22H,11-18H2. The predicted molar refractivity (Wildman–Crippen MR) is 108 cm³/mol. The van der Waals surface area contributed by atoms with Gasteiger partial charge in [0.15, 0.2) is 0 Å². The molecule has 2 atom stereocenters. The summed E-state index contributed by atoms with van der Waals surface area (Å²) in [5.74, 6) is 0. The van der Waals surface area contributed by atoms with Gasteiger partial charge in [0.05, 0.1) is 19.8 Å². The van der Waals surface area contributed by atoms with Crippen molar-refractivity contribution in [3.05, 3.63) is 71.8 Å². The number of amides is 1. The average Bonchev–Trinajstić information content (AvgIpc) is 3.09. The lowest BCUT2D eigenvalue weighted by atomic mass is 10.0. The molecule has 1 amide bonds. The van der Waals surface area contributed by atoms with Gasteiger partial charge in [0.2, 0.25) is 0 Å². The summed E-state index contributed by atoms with van der Waals surface area (Å²) in [6.07, 6.45) is 1.43. The molecule has 0 N–H and O–H groups in total. The van der Waals surface area contributed by atoms with E-state index in [0.29, 0.717) is 19.1 Å². The lowest BCUT2D eigenvalue weighted by molar-refractivity contribution is 0.0129. The van der Waals surface area contributed by atoms with Crippen LogP contribution in [-0.4, -0.2) is 61.4 Å². The number of carbonyl (C=O) groups excluding carboxylic acids is 1. The van der Waals surface area contributed by atoms with Crippen LogP contribution in [0.15, 0.2) is 60.7 Å². The largest absolute Gasteiger partial charge is 0.444 e. The van der Waals surface area contributed by atoms with Crippen molar-refractivity contribution in [2.45, 2.75) is 25.0 Å². The monoisotopic (exact) mass is 380 g/mol. The van der Waals surface area contributed by atoms with Crippen LogP contribution in [0.2, 0.25) is 0 Å². The fourth-order valence-corrected chi connectivity index (χ4v) is 4.14. The molecule has 2 aromatic carbocycles. The molecular formula is C23H28N2O3. The summed E-state index contributed by atoms with van der Waals surface area (Å²) in [6.45, 7) is 4.78. The van der Waals surface area contributed by atoms with E-state index in [-0.39, 0.29) is 12.2 Å². The van der Waals surface area contributed by atoms with Crippen molar-refractivity contribution in [3.63, 3.8) is 0 Å². The van der Waals surface area contributed by atoms with Crippen molar-refractivity contribution in [2.75, 3.05) is 39.4 Å². The highest BCUT2D eigenvalue weighted by atomic mass is 16.6. The van der Waals surface area contributed by atoms with Crippen molar-refractivity contribution >= 4 is 6.09 Å². The van der Waals surface area contributed by atoms with Gasteiger partial charge in [-0.05, 0) is 17.5 Å². The molecule has 2 saturated heterocycles. The molecule has 2 aliphatic heterocycles. The number of ether oxygens (including phenoxy) is 2. The summed E-state index contributed by atoms with van der Waals surface area (Å²) >= 11 is 0. The Morgan fingerprint density at radius 2 is 1.64 bits per heavy atom. The number of rotatable bonds is 7. The van der Waals surface area contributed by atoms with Crippen LogP contribution < -0.4 is 0 Å². The molecule has 0 aromatic heterocycles. The van der Waals surface area contributed by atoms with Crippen LogP contribution in [0.25, 0.3) is 0 Å². The molecule has 4 rings (SSSR count). The minimum Gasteiger partial charge on any atom is -0.444 e. The minimum absolute atomic E-state index is 0.0616. The van der Waals surface area contributed by atoms with E-state index < -0.39 is 0 Å². The SMILES string of the molecule is O=C1OC(Cc2ccccc2)CN1CCC(c1ccccc1)N1CCOCC1. The van der Waals surface area contributed by atoms with Gasteiger partial charge in [-0.1, -0.05) is 60.7 Å². The van der Waals surface area contributed by atoms with Gasteiger partial charge in [-0.25, -0.2) is 4.79 Å². The number of morpholine rings is 1. The van der Waals surface area contributed by atoms with Gasteiger partial charge >= 0.3 is 6.09 Å². The van der Waals surface area contributed by atoms with E-state index in [4.69, 9.17) is 9.47 Å². The third-order valence-electron chi connectivity index (χ3n) is 5.60. The first-order valence-corrected chi connectivity index (χ1v) is 10.2. The summed E-state index contributed by atoms with van der Waals surface area (Å²) in [5, 5.41) is 0. The van der Waals surface area contributed by atoms with Crippen LogP contribution in [0.5, 0.6) is 0 Å². The second kappa shape index (κ2) is 9.22. The third-order valence-corrected chi connectivity index (χ3v) is 5.60. The summed E-state index contributed by atoms with van der Waals surface area (Å²) in [7, 11) is 0. The molecule has 0 bridgehead atoms. The molecule has 2 unspecified atom stereocenters. The highest BCUT2D eigenvalue weighted by Crippen LogP contribution is 2.27. The van der Waals surface area contributed by atoms with Crippen molar-refractivity contribution in [1.29, 1.82) is 0 Å². The molecule has 5 heteroatoms. The number of nitrogens with zero attached hydrogens (tertiary/aromatic N) is 2. The van der Waals surface area contributed by atoms with E-state index >= 15 is 0 Å². The van der Waals surface area contributed by atoms with Crippen LogP contribution in [0.3, 0.4) is 0 Å². The van der Waals surface area contributed by atoms with E-state index in [9.17, 15) is 4.79 Å². The number of carbonyl (C=O) groups is 1. The fourth-order valence-electron chi connectivity index (χ4n) is 4.14. The van der Waals surface area contributed by atoms with Gasteiger partial charge in [0.25, 0.3) is 0 Å². The van der Waals surface area contributed by atoms with Crippen LogP contribution in [-0.2, 0) is 15.9 Å². The summed E-state index contributed by atoms with van der Waals surface area (Å²) in [6, 6.07) is 21.1. The zero-order chi connectivity index (χ0) is 19.2. The molecule has 0 radical (unpaired) electrons. The topological polar surface area (TPSA) is 42.0 Å². The minimum atomic E-state index is -0.185. The first-order valence-electron chi connectivity index (χ1n) is 10.2. The zero-order valence-corrected chi connectivity index (χ0v) is 16.2. The number of cyclic esters (lactones) is 1. The predicted octanol–water partition coefficient (Wildman–Crippen LogP) is 3.51. The van der Waals surface area contributed by atoms with Crippen molar-refractivity contribution in [1.82, 2.24) is 9.80 Å².